The van der Waals surface area contributed by atoms with Crippen LogP contribution in [0.5, 0.6) is 0 Å². The van der Waals surface area contributed by atoms with Gasteiger partial charge in [-0.05, 0) is 53.1 Å². The van der Waals surface area contributed by atoms with Gasteiger partial charge in [0.2, 0.25) is 0 Å². The first kappa shape index (κ1) is 18.7. The first-order valence-electron chi connectivity index (χ1n) is 6.96. The molecule has 0 aromatic heterocycles. The smallest absolute Gasteiger partial charge is 0.311 e. The third-order valence-corrected chi connectivity index (χ3v) is 4.03. The van der Waals surface area contributed by atoms with Crippen molar-refractivity contribution >= 4 is 18.4 Å². The topological polar surface area (TPSA) is 55.6 Å². The Morgan fingerprint density at radius 2 is 2.11 bits per heavy atom. The van der Waals surface area contributed by atoms with E-state index in [2.05, 4.69) is 11.8 Å². The number of esters is 1. The molecule has 1 fully saturated rings. The highest BCUT2D eigenvalue weighted by molar-refractivity contribution is 5.85. The van der Waals surface area contributed by atoms with Crippen molar-refractivity contribution in [2.75, 3.05) is 20.2 Å². The van der Waals surface area contributed by atoms with Crippen LogP contribution in [0.1, 0.15) is 46.5 Å². The maximum atomic E-state index is 11.7. The Morgan fingerprint density at radius 1 is 1.47 bits per heavy atom. The highest BCUT2D eigenvalue weighted by atomic mass is 35.5. The van der Waals surface area contributed by atoms with Gasteiger partial charge in [-0.2, -0.15) is 0 Å². The maximum absolute atomic E-state index is 11.7. The largest absolute Gasteiger partial charge is 0.469 e. The Morgan fingerprint density at radius 3 is 2.63 bits per heavy atom. The molecule has 0 amide bonds. The minimum absolute atomic E-state index is 0. The number of rotatable bonds is 5. The fourth-order valence-electron chi connectivity index (χ4n) is 2.69. The van der Waals surface area contributed by atoms with Crippen LogP contribution in [-0.2, 0) is 9.53 Å². The SMILES string of the molecule is COC(=O)C(C)(C)CCN1CCCCC1C(C)N.Cl. The Labute approximate surface area is 123 Å². The van der Waals surface area contributed by atoms with Crippen LogP contribution in [0.3, 0.4) is 0 Å². The Balaban J connectivity index is 0.00000324. The van der Waals surface area contributed by atoms with Crippen LogP contribution in [0.4, 0.5) is 0 Å². The predicted molar refractivity (Wildman–Crippen MR) is 80.5 cm³/mol. The van der Waals surface area contributed by atoms with E-state index in [4.69, 9.17) is 10.5 Å². The summed E-state index contributed by atoms with van der Waals surface area (Å²) in [4.78, 5) is 14.1. The molecular formula is C14H29ClN2O2. The van der Waals surface area contributed by atoms with Gasteiger partial charge in [-0.15, -0.1) is 12.4 Å². The fourth-order valence-corrected chi connectivity index (χ4v) is 2.69. The number of nitrogens with two attached hydrogens (primary N) is 1. The zero-order valence-corrected chi connectivity index (χ0v) is 13.5. The Bertz CT molecular complexity index is 283. The number of hydrogen-bond acceptors (Lipinski definition) is 4. The number of methoxy groups -OCH3 is 1. The van der Waals surface area contributed by atoms with Crippen molar-refractivity contribution in [1.29, 1.82) is 0 Å². The number of ether oxygens (including phenoxy) is 1. The van der Waals surface area contributed by atoms with E-state index in [9.17, 15) is 4.79 Å². The predicted octanol–water partition coefficient (Wildman–Crippen LogP) is 2.20. The second kappa shape index (κ2) is 8.08. The molecule has 2 atom stereocenters. The second-order valence-electron chi connectivity index (χ2n) is 6.08. The van der Waals surface area contributed by atoms with E-state index in [1.807, 2.05) is 13.8 Å². The van der Waals surface area contributed by atoms with Crippen molar-refractivity contribution in [3.63, 3.8) is 0 Å². The maximum Gasteiger partial charge on any atom is 0.311 e. The molecule has 0 spiro atoms. The first-order valence-corrected chi connectivity index (χ1v) is 6.96. The van der Waals surface area contributed by atoms with Crippen LogP contribution in [0.15, 0.2) is 0 Å². The molecule has 0 radical (unpaired) electrons. The summed E-state index contributed by atoms with van der Waals surface area (Å²) < 4.78 is 4.85. The number of carbonyl (C=O) groups excluding carboxylic acids is 1. The highest BCUT2D eigenvalue weighted by Crippen LogP contribution is 2.25. The molecule has 4 nitrogen and oxygen atoms in total. The standard InChI is InChI=1S/C14H28N2O2.ClH/c1-11(15)12-7-5-6-9-16(12)10-8-14(2,3)13(17)18-4;/h11-12H,5-10,15H2,1-4H3;1H. The van der Waals surface area contributed by atoms with E-state index in [0.29, 0.717) is 6.04 Å². The van der Waals surface area contributed by atoms with Gasteiger partial charge in [0.1, 0.15) is 0 Å². The summed E-state index contributed by atoms with van der Waals surface area (Å²) >= 11 is 0. The summed E-state index contributed by atoms with van der Waals surface area (Å²) in [6, 6.07) is 0.665. The second-order valence-corrected chi connectivity index (χ2v) is 6.08. The van der Waals surface area contributed by atoms with Crippen LogP contribution in [0, 0.1) is 5.41 Å². The molecule has 2 unspecified atom stereocenters. The number of likely N-dealkylation sites (tertiary alicyclic amines) is 1. The molecule has 0 aromatic carbocycles. The Hall–Kier alpha value is -0.320. The minimum Gasteiger partial charge on any atom is -0.469 e. The van der Waals surface area contributed by atoms with E-state index >= 15 is 0 Å². The van der Waals surface area contributed by atoms with Crippen LogP contribution in [0.25, 0.3) is 0 Å². The van der Waals surface area contributed by atoms with E-state index in [1.165, 1.54) is 26.4 Å². The van der Waals surface area contributed by atoms with Crippen LogP contribution in [0.2, 0.25) is 0 Å². The average molecular weight is 293 g/mol. The lowest BCUT2D eigenvalue weighted by Crippen LogP contribution is -2.50. The normalized spacial score (nSPS) is 22.5. The van der Waals surface area contributed by atoms with Gasteiger partial charge in [0.15, 0.2) is 0 Å². The number of carbonyl (C=O) groups is 1. The lowest BCUT2D eigenvalue weighted by atomic mass is 9.88. The minimum atomic E-state index is -0.408. The molecule has 1 heterocycles. The van der Waals surface area contributed by atoms with Gasteiger partial charge in [0, 0.05) is 12.1 Å². The van der Waals surface area contributed by atoms with Gasteiger partial charge in [0.05, 0.1) is 12.5 Å². The lowest BCUT2D eigenvalue weighted by molar-refractivity contribution is -0.151. The Kier molecular flexibility index (Phi) is 7.94. The van der Waals surface area contributed by atoms with Gasteiger partial charge in [-0.25, -0.2) is 0 Å². The monoisotopic (exact) mass is 292 g/mol. The van der Waals surface area contributed by atoms with E-state index in [1.54, 1.807) is 0 Å². The quantitative estimate of drug-likeness (QED) is 0.789. The summed E-state index contributed by atoms with van der Waals surface area (Å²) in [7, 11) is 1.45. The number of halogens is 1. The molecule has 19 heavy (non-hydrogen) atoms. The van der Waals surface area contributed by atoms with E-state index in [-0.39, 0.29) is 24.4 Å². The molecule has 5 heteroatoms. The zero-order valence-electron chi connectivity index (χ0n) is 12.6. The van der Waals surface area contributed by atoms with Crippen molar-refractivity contribution in [1.82, 2.24) is 4.90 Å². The van der Waals surface area contributed by atoms with Crippen molar-refractivity contribution in [2.45, 2.75) is 58.5 Å². The summed E-state index contributed by atoms with van der Waals surface area (Å²) in [5.74, 6) is -0.128. The molecule has 1 aliphatic heterocycles. The molecule has 1 aliphatic rings. The number of piperidine rings is 1. The molecule has 0 aliphatic carbocycles. The number of hydrogen-bond donors (Lipinski definition) is 1. The fraction of sp³-hybridized carbons (Fsp3) is 0.929. The molecule has 0 saturated carbocycles. The molecule has 0 aromatic rings. The van der Waals surface area contributed by atoms with Crippen LogP contribution < -0.4 is 5.73 Å². The van der Waals surface area contributed by atoms with Gasteiger partial charge >= 0.3 is 5.97 Å². The van der Waals surface area contributed by atoms with E-state index in [0.717, 1.165) is 19.5 Å². The average Bonchev–Trinajstić information content (AvgIpc) is 2.35. The molecule has 114 valence electrons. The first-order chi connectivity index (χ1) is 8.38. The van der Waals surface area contributed by atoms with Crippen molar-refractivity contribution < 1.29 is 9.53 Å². The van der Waals surface area contributed by atoms with Gasteiger partial charge < -0.3 is 10.5 Å². The molecular weight excluding hydrogens is 264 g/mol. The van der Waals surface area contributed by atoms with Gasteiger partial charge in [0.25, 0.3) is 0 Å². The van der Waals surface area contributed by atoms with Crippen LogP contribution in [-0.4, -0.2) is 43.2 Å². The molecule has 1 saturated heterocycles. The van der Waals surface area contributed by atoms with Crippen LogP contribution >= 0.6 is 12.4 Å². The molecule has 0 bridgehead atoms. The third kappa shape index (κ3) is 5.28. The zero-order chi connectivity index (χ0) is 13.8. The van der Waals surface area contributed by atoms with Crippen molar-refractivity contribution in [3.8, 4) is 0 Å². The molecule has 2 N–H and O–H groups in total. The third-order valence-electron chi connectivity index (χ3n) is 4.03. The summed E-state index contributed by atoms with van der Waals surface area (Å²) in [5.41, 5.74) is 5.64. The lowest BCUT2D eigenvalue weighted by Gasteiger charge is -2.39. The molecule has 1 rings (SSSR count). The van der Waals surface area contributed by atoms with Gasteiger partial charge in [-0.1, -0.05) is 6.42 Å². The summed E-state index contributed by atoms with van der Waals surface area (Å²) in [5, 5.41) is 0. The van der Waals surface area contributed by atoms with Crippen molar-refractivity contribution in [2.24, 2.45) is 11.1 Å². The van der Waals surface area contributed by atoms with Gasteiger partial charge in [-0.3, -0.25) is 9.69 Å². The summed E-state index contributed by atoms with van der Waals surface area (Å²) in [6.45, 7) is 8.00. The number of nitrogens with zero attached hydrogens (tertiary/aromatic N) is 1. The van der Waals surface area contributed by atoms with E-state index < -0.39 is 5.41 Å². The highest BCUT2D eigenvalue weighted by Gasteiger charge is 2.31. The summed E-state index contributed by atoms with van der Waals surface area (Å²) in [6.07, 6.45) is 4.50. The van der Waals surface area contributed by atoms with Crippen molar-refractivity contribution in [3.05, 3.63) is 0 Å².